The molecule has 0 aliphatic carbocycles. The number of nitrogens with one attached hydrogen (secondary N) is 1. The normalized spacial score (nSPS) is 11.4. The Bertz CT molecular complexity index is 990. The van der Waals surface area contributed by atoms with Gasteiger partial charge in [0, 0.05) is 12.1 Å². The number of rotatable bonds is 8. The van der Waals surface area contributed by atoms with Crippen LogP contribution in [0.1, 0.15) is 18.1 Å². The monoisotopic (exact) mass is 407 g/mol. The number of benzene rings is 3. The molecule has 3 aromatic carbocycles. The molecule has 0 saturated heterocycles. The summed E-state index contributed by atoms with van der Waals surface area (Å²) < 4.78 is 23.7. The van der Waals surface area contributed by atoms with E-state index in [1.807, 2.05) is 48.5 Å². The Hall–Kier alpha value is -3.67. The van der Waals surface area contributed by atoms with Gasteiger partial charge in [-0.05, 0) is 48.4 Å². The molecule has 0 aromatic heterocycles. The van der Waals surface area contributed by atoms with Gasteiger partial charge >= 0.3 is 5.97 Å². The second-order valence-electron chi connectivity index (χ2n) is 6.69. The van der Waals surface area contributed by atoms with E-state index >= 15 is 0 Å². The van der Waals surface area contributed by atoms with Gasteiger partial charge in [-0.2, -0.15) is 0 Å². The Labute approximate surface area is 174 Å². The Morgan fingerprint density at radius 3 is 2.33 bits per heavy atom. The van der Waals surface area contributed by atoms with Crippen LogP contribution in [0.4, 0.5) is 10.1 Å². The number of hydrogen-bond donors (Lipinski definition) is 1. The lowest BCUT2D eigenvalue weighted by molar-refractivity contribution is -0.155. The second-order valence-corrected chi connectivity index (χ2v) is 6.69. The first kappa shape index (κ1) is 21.0. The van der Waals surface area contributed by atoms with Gasteiger partial charge in [0.1, 0.15) is 11.6 Å². The molecule has 0 radical (unpaired) electrons. The number of amides is 1. The number of esters is 1. The first-order chi connectivity index (χ1) is 14.5. The van der Waals surface area contributed by atoms with Crippen LogP contribution in [0, 0.1) is 5.82 Å². The van der Waals surface area contributed by atoms with Crippen molar-refractivity contribution in [3.8, 4) is 5.75 Å². The van der Waals surface area contributed by atoms with Crippen molar-refractivity contribution >= 4 is 17.6 Å². The fourth-order valence-corrected chi connectivity index (χ4v) is 2.80. The second kappa shape index (κ2) is 10.2. The zero-order chi connectivity index (χ0) is 21.3. The van der Waals surface area contributed by atoms with Crippen LogP contribution in [0.3, 0.4) is 0 Å². The maximum Gasteiger partial charge on any atom is 0.344 e. The Morgan fingerprint density at radius 1 is 0.933 bits per heavy atom. The summed E-state index contributed by atoms with van der Waals surface area (Å²) in [6, 6.07) is 22.7. The van der Waals surface area contributed by atoms with Crippen molar-refractivity contribution in [2.45, 2.75) is 19.4 Å². The highest BCUT2D eigenvalue weighted by atomic mass is 19.1. The molecule has 1 atom stereocenters. The predicted molar refractivity (Wildman–Crippen MR) is 112 cm³/mol. The average Bonchev–Trinajstić information content (AvgIpc) is 2.75. The highest BCUT2D eigenvalue weighted by Crippen LogP contribution is 2.21. The van der Waals surface area contributed by atoms with E-state index in [9.17, 15) is 14.0 Å². The summed E-state index contributed by atoms with van der Waals surface area (Å²) >= 11 is 0. The molecule has 3 aromatic rings. The number of para-hydroxylation sites is 1. The topological polar surface area (TPSA) is 64.6 Å². The van der Waals surface area contributed by atoms with Crippen LogP contribution < -0.4 is 10.1 Å². The van der Waals surface area contributed by atoms with E-state index < -0.39 is 23.8 Å². The fraction of sp³-hybridized carbons (Fsp3) is 0.167. The molecule has 6 heteroatoms. The van der Waals surface area contributed by atoms with Gasteiger partial charge in [0.2, 0.25) is 0 Å². The highest BCUT2D eigenvalue weighted by Gasteiger charge is 2.18. The van der Waals surface area contributed by atoms with Crippen molar-refractivity contribution in [1.82, 2.24) is 0 Å². The lowest BCUT2D eigenvalue weighted by atomic mass is 10.0. The molecule has 0 fully saturated rings. The van der Waals surface area contributed by atoms with E-state index in [1.165, 1.54) is 31.2 Å². The molecular formula is C24H22FNO4. The number of halogens is 1. The number of carbonyl (C=O) groups is 2. The lowest BCUT2D eigenvalue weighted by Gasteiger charge is -2.15. The molecule has 0 spiro atoms. The van der Waals surface area contributed by atoms with Crippen molar-refractivity contribution in [3.63, 3.8) is 0 Å². The van der Waals surface area contributed by atoms with Gasteiger partial charge in [-0.15, -0.1) is 0 Å². The zero-order valence-corrected chi connectivity index (χ0v) is 16.5. The van der Waals surface area contributed by atoms with Crippen LogP contribution in [0.15, 0.2) is 78.9 Å². The summed E-state index contributed by atoms with van der Waals surface area (Å²) in [5.41, 5.74) is 2.48. The van der Waals surface area contributed by atoms with Crippen molar-refractivity contribution in [1.29, 1.82) is 0 Å². The van der Waals surface area contributed by atoms with E-state index in [-0.39, 0.29) is 6.61 Å². The molecule has 3 rings (SSSR count). The maximum atomic E-state index is 12.9. The molecular weight excluding hydrogens is 385 g/mol. The van der Waals surface area contributed by atoms with Crippen LogP contribution in [0.5, 0.6) is 5.75 Å². The van der Waals surface area contributed by atoms with Crippen LogP contribution in [0.25, 0.3) is 0 Å². The molecule has 5 nitrogen and oxygen atoms in total. The van der Waals surface area contributed by atoms with Gasteiger partial charge in [-0.3, -0.25) is 4.79 Å². The van der Waals surface area contributed by atoms with Gasteiger partial charge in [0.15, 0.2) is 12.7 Å². The summed E-state index contributed by atoms with van der Waals surface area (Å²) in [6.45, 7) is 1.14. The highest BCUT2D eigenvalue weighted by molar-refractivity contribution is 5.95. The quantitative estimate of drug-likeness (QED) is 0.564. The van der Waals surface area contributed by atoms with E-state index in [0.717, 1.165) is 11.1 Å². The standard InChI is InChI=1S/C24H22FNO4/c1-17(24(28)26-21-13-11-20(25)12-14-21)30-23(27)16-29-22-10-6-5-9-19(22)15-18-7-3-2-4-8-18/h2-14,17H,15-16H2,1H3,(H,26,28). The molecule has 0 saturated carbocycles. The molecule has 0 heterocycles. The number of ether oxygens (including phenoxy) is 2. The van der Waals surface area contributed by atoms with E-state index in [0.29, 0.717) is 17.9 Å². The molecule has 1 amide bonds. The van der Waals surface area contributed by atoms with Crippen molar-refractivity contribution in [2.24, 2.45) is 0 Å². The molecule has 0 aliphatic rings. The van der Waals surface area contributed by atoms with Gasteiger partial charge in [0.05, 0.1) is 0 Å². The van der Waals surface area contributed by atoms with Crippen LogP contribution >= 0.6 is 0 Å². The first-order valence-electron chi connectivity index (χ1n) is 9.52. The average molecular weight is 407 g/mol. The zero-order valence-electron chi connectivity index (χ0n) is 16.5. The summed E-state index contributed by atoms with van der Waals surface area (Å²) in [7, 11) is 0. The smallest absolute Gasteiger partial charge is 0.344 e. The Kier molecular flexibility index (Phi) is 7.16. The van der Waals surface area contributed by atoms with Gasteiger partial charge in [0.25, 0.3) is 5.91 Å². The van der Waals surface area contributed by atoms with E-state index in [1.54, 1.807) is 6.07 Å². The number of anilines is 1. The van der Waals surface area contributed by atoms with Crippen molar-refractivity contribution in [3.05, 3.63) is 95.8 Å². The third-order valence-corrected chi connectivity index (χ3v) is 4.34. The number of hydrogen-bond acceptors (Lipinski definition) is 4. The van der Waals surface area contributed by atoms with Gasteiger partial charge in [-0.25, -0.2) is 9.18 Å². The van der Waals surface area contributed by atoms with Crippen LogP contribution in [0.2, 0.25) is 0 Å². The summed E-state index contributed by atoms with van der Waals surface area (Å²) in [4.78, 5) is 24.3. The third-order valence-electron chi connectivity index (χ3n) is 4.34. The minimum absolute atomic E-state index is 0.319. The minimum atomic E-state index is -1.02. The van der Waals surface area contributed by atoms with Crippen LogP contribution in [-0.2, 0) is 20.7 Å². The maximum absolute atomic E-state index is 12.9. The Balaban J connectivity index is 1.52. The lowest BCUT2D eigenvalue weighted by Crippen LogP contribution is -2.31. The molecule has 1 N–H and O–H groups in total. The summed E-state index contributed by atoms with van der Waals surface area (Å²) in [6.07, 6.45) is -0.353. The molecule has 1 unspecified atom stereocenters. The molecule has 0 aliphatic heterocycles. The largest absolute Gasteiger partial charge is 0.482 e. The SMILES string of the molecule is CC(OC(=O)COc1ccccc1Cc1ccccc1)C(=O)Nc1ccc(F)cc1. The van der Waals surface area contributed by atoms with Gasteiger partial charge < -0.3 is 14.8 Å². The van der Waals surface area contributed by atoms with Crippen molar-refractivity contribution < 1.29 is 23.5 Å². The van der Waals surface area contributed by atoms with E-state index in [4.69, 9.17) is 9.47 Å². The molecule has 0 bridgehead atoms. The van der Waals surface area contributed by atoms with Crippen LogP contribution in [-0.4, -0.2) is 24.6 Å². The minimum Gasteiger partial charge on any atom is -0.482 e. The van der Waals surface area contributed by atoms with Gasteiger partial charge in [-0.1, -0.05) is 48.5 Å². The summed E-state index contributed by atoms with van der Waals surface area (Å²) in [5.74, 6) is -0.996. The fourth-order valence-electron chi connectivity index (χ4n) is 2.80. The number of carbonyl (C=O) groups excluding carboxylic acids is 2. The first-order valence-corrected chi connectivity index (χ1v) is 9.52. The third kappa shape index (κ3) is 6.17. The Morgan fingerprint density at radius 2 is 1.60 bits per heavy atom. The van der Waals surface area contributed by atoms with Crippen molar-refractivity contribution in [2.75, 3.05) is 11.9 Å². The molecule has 30 heavy (non-hydrogen) atoms. The van der Waals surface area contributed by atoms with E-state index in [2.05, 4.69) is 5.32 Å². The summed E-state index contributed by atoms with van der Waals surface area (Å²) in [5, 5.41) is 2.56. The molecule has 154 valence electrons. The predicted octanol–water partition coefficient (Wildman–Crippen LogP) is 4.37.